The van der Waals surface area contributed by atoms with Crippen LogP contribution in [0.15, 0.2) is 24.3 Å². The van der Waals surface area contributed by atoms with Crippen LogP contribution in [-0.4, -0.2) is 61.3 Å². The van der Waals surface area contributed by atoms with E-state index in [0.29, 0.717) is 38.4 Å². The highest BCUT2D eigenvalue weighted by Gasteiger charge is 2.42. The third kappa shape index (κ3) is 5.68. The third-order valence-electron chi connectivity index (χ3n) is 5.25. The SMILES string of the molecule is CCOC(C#Cc1cccc(N2C3CCC2CN(C(=O)OC(C)(C)C)C3)c1)OCC. The molecule has 0 aliphatic carbocycles. The largest absolute Gasteiger partial charge is 0.444 e. The average molecular weight is 415 g/mol. The van der Waals surface area contributed by atoms with E-state index in [0.717, 1.165) is 24.1 Å². The number of likely N-dealkylation sites (tertiary alicyclic amines) is 1. The van der Waals surface area contributed by atoms with Crippen LogP contribution in [0.3, 0.4) is 0 Å². The number of hydrogen-bond acceptors (Lipinski definition) is 5. The molecule has 2 atom stereocenters. The van der Waals surface area contributed by atoms with Gasteiger partial charge in [-0.05, 0) is 71.6 Å². The number of hydrogen-bond donors (Lipinski definition) is 0. The lowest BCUT2D eigenvalue weighted by Gasteiger charge is -2.42. The number of fused-ring (bicyclic) bond motifs is 2. The van der Waals surface area contributed by atoms with Crippen LogP contribution in [0.1, 0.15) is 53.0 Å². The van der Waals surface area contributed by atoms with Crippen molar-refractivity contribution in [3.05, 3.63) is 29.8 Å². The zero-order valence-electron chi connectivity index (χ0n) is 18.8. The van der Waals surface area contributed by atoms with Gasteiger partial charge >= 0.3 is 6.09 Å². The normalized spacial score (nSPS) is 20.9. The molecular weight excluding hydrogens is 380 g/mol. The van der Waals surface area contributed by atoms with Gasteiger partial charge in [-0.25, -0.2) is 4.79 Å². The van der Waals surface area contributed by atoms with Gasteiger partial charge < -0.3 is 24.0 Å². The molecule has 3 rings (SSSR count). The summed E-state index contributed by atoms with van der Waals surface area (Å²) in [5, 5.41) is 0. The molecule has 1 aromatic rings. The number of nitrogens with zero attached hydrogens (tertiary/aromatic N) is 2. The number of benzene rings is 1. The molecule has 0 N–H and O–H groups in total. The van der Waals surface area contributed by atoms with Gasteiger partial charge in [-0.1, -0.05) is 12.0 Å². The predicted molar refractivity (Wildman–Crippen MR) is 117 cm³/mol. The number of piperazine rings is 1. The van der Waals surface area contributed by atoms with Crippen molar-refractivity contribution >= 4 is 11.8 Å². The third-order valence-corrected chi connectivity index (χ3v) is 5.25. The molecule has 0 radical (unpaired) electrons. The maximum Gasteiger partial charge on any atom is 0.410 e. The van der Waals surface area contributed by atoms with E-state index in [-0.39, 0.29) is 6.09 Å². The fourth-order valence-electron chi connectivity index (χ4n) is 4.12. The number of amides is 1. The second kappa shape index (κ2) is 9.72. The molecule has 30 heavy (non-hydrogen) atoms. The molecule has 0 saturated carbocycles. The van der Waals surface area contributed by atoms with E-state index in [4.69, 9.17) is 14.2 Å². The highest BCUT2D eigenvalue weighted by Crippen LogP contribution is 2.35. The number of carbonyl (C=O) groups is 1. The molecule has 0 aromatic heterocycles. The molecule has 2 heterocycles. The van der Waals surface area contributed by atoms with Gasteiger partial charge in [0.25, 0.3) is 0 Å². The van der Waals surface area contributed by atoms with Gasteiger partial charge in [-0.3, -0.25) is 0 Å². The summed E-state index contributed by atoms with van der Waals surface area (Å²) in [4.78, 5) is 16.8. The summed E-state index contributed by atoms with van der Waals surface area (Å²) in [6.45, 7) is 12.1. The lowest BCUT2D eigenvalue weighted by atomic mass is 10.1. The summed E-state index contributed by atoms with van der Waals surface area (Å²) in [5.41, 5.74) is 1.62. The molecule has 6 heteroatoms. The van der Waals surface area contributed by atoms with Crippen LogP contribution in [0.25, 0.3) is 0 Å². The molecule has 2 aliphatic heterocycles. The second-order valence-corrected chi connectivity index (χ2v) is 8.74. The minimum Gasteiger partial charge on any atom is -0.444 e. The average Bonchev–Trinajstić information content (AvgIpc) is 2.95. The van der Waals surface area contributed by atoms with Crippen molar-refractivity contribution in [2.24, 2.45) is 0 Å². The highest BCUT2D eigenvalue weighted by molar-refractivity contribution is 5.69. The van der Waals surface area contributed by atoms with E-state index in [1.807, 2.05) is 51.7 Å². The Balaban J connectivity index is 1.71. The maximum atomic E-state index is 12.5. The maximum absolute atomic E-state index is 12.5. The summed E-state index contributed by atoms with van der Waals surface area (Å²) >= 11 is 0. The van der Waals surface area contributed by atoms with Gasteiger partial charge in [-0.2, -0.15) is 0 Å². The van der Waals surface area contributed by atoms with Crippen LogP contribution in [0.2, 0.25) is 0 Å². The molecule has 2 unspecified atom stereocenters. The van der Waals surface area contributed by atoms with Crippen molar-refractivity contribution in [2.45, 2.75) is 71.4 Å². The zero-order chi connectivity index (χ0) is 21.7. The van der Waals surface area contributed by atoms with Crippen molar-refractivity contribution < 1.29 is 19.0 Å². The zero-order valence-corrected chi connectivity index (χ0v) is 18.8. The fourth-order valence-corrected chi connectivity index (χ4v) is 4.12. The molecule has 6 nitrogen and oxygen atoms in total. The summed E-state index contributed by atoms with van der Waals surface area (Å²) < 4.78 is 16.6. The minimum absolute atomic E-state index is 0.212. The first-order valence-electron chi connectivity index (χ1n) is 10.9. The number of rotatable bonds is 5. The van der Waals surface area contributed by atoms with Crippen molar-refractivity contribution in [1.82, 2.24) is 4.90 Å². The van der Waals surface area contributed by atoms with Crippen LogP contribution < -0.4 is 4.90 Å². The predicted octanol–water partition coefficient (Wildman–Crippen LogP) is 4.03. The van der Waals surface area contributed by atoms with Crippen molar-refractivity contribution in [3.63, 3.8) is 0 Å². The summed E-state index contributed by atoms with van der Waals surface area (Å²) in [5.74, 6) is 6.25. The first kappa shape index (κ1) is 22.5. The molecule has 0 spiro atoms. The van der Waals surface area contributed by atoms with Gasteiger partial charge in [0.1, 0.15) is 5.60 Å². The Morgan fingerprint density at radius 2 is 1.77 bits per heavy atom. The molecule has 2 saturated heterocycles. The Kier molecular flexibility index (Phi) is 7.27. The Morgan fingerprint density at radius 1 is 1.13 bits per heavy atom. The van der Waals surface area contributed by atoms with E-state index in [1.165, 1.54) is 0 Å². The first-order chi connectivity index (χ1) is 14.3. The lowest BCUT2D eigenvalue weighted by Crippen LogP contribution is -2.56. The molecule has 2 fully saturated rings. The van der Waals surface area contributed by atoms with E-state index in [1.54, 1.807) is 0 Å². The molecule has 164 valence electrons. The fraction of sp³-hybridized carbons (Fsp3) is 0.625. The van der Waals surface area contributed by atoms with Gasteiger partial charge in [-0.15, -0.1) is 0 Å². The monoisotopic (exact) mass is 414 g/mol. The van der Waals surface area contributed by atoms with Gasteiger partial charge in [0.15, 0.2) is 0 Å². The van der Waals surface area contributed by atoms with Gasteiger partial charge in [0, 0.05) is 49.6 Å². The Labute approximate surface area is 180 Å². The van der Waals surface area contributed by atoms with Crippen molar-refractivity contribution in [3.8, 4) is 11.8 Å². The van der Waals surface area contributed by atoms with Gasteiger partial charge in [0.2, 0.25) is 6.29 Å². The smallest absolute Gasteiger partial charge is 0.410 e. The van der Waals surface area contributed by atoms with Crippen LogP contribution in [0.4, 0.5) is 10.5 Å². The molecule has 2 bridgehead atoms. The number of ether oxygens (including phenoxy) is 3. The van der Waals surface area contributed by atoms with Crippen LogP contribution in [0, 0.1) is 11.8 Å². The van der Waals surface area contributed by atoms with Crippen LogP contribution in [0.5, 0.6) is 0 Å². The van der Waals surface area contributed by atoms with Crippen molar-refractivity contribution in [1.29, 1.82) is 0 Å². The topological polar surface area (TPSA) is 51.2 Å². The molecule has 1 aromatic carbocycles. The van der Waals surface area contributed by atoms with Crippen LogP contribution >= 0.6 is 0 Å². The quantitative estimate of drug-likeness (QED) is 0.538. The molecule has 2 aliphatic rings. The van der Waals surface area contributed by atoms with E-state index >= 15 is 0 Å². The highest BCUT2D eigenvalue weighted by atomic mass is 16.7. The Bertz CT molecular complexity index is 772. The second-order valence-electron chi connectivity index (χ2n) is 8.74. The van der Waals surface area contributed by atoms with Crippen molar-refractivity contribution in [2.75, 3.05) is 31.2 Å². The number of anilines is 1. The Hall–Kier alpha value is -2.23. The molecular formula is C24H34N2O4. The summed E-state index contributed by atoms with van der Waals surface area (Å²) in [7, 11) is 0. The van der Waals surface area contributed by atoms with Gasteiger partial charge in [0.05, 0.1) is 0 Å². The summed E-state index contributed by atoms with van der Waals surface area (Å²) in [6, 6.07) is 8.90. The molecule has 1 amide bonds. The first-order valence-corrected chi connectivity index (χ1v) is 10.9. The number of carbonyl (C=O) groups excluding carboxylic acids is 1. The minimum atomic E-state index is -0.503. The van der Waals surface area contributed by atoms with Crippen LogP contribution in [-0.2, 0) is 14.2 Å². The Morgan fingerprint density at radius 3 is 2.33 bits per heavy atom. The standard InChI is InChI=1S/C24H34N2O4/c1-6-28-22(29-7-2)14-11-18-9-8-10-19(15-18)26-20-12-13-21(26)17-25(16-20)23(27)30-24(3,4)5/h8-10,15,20-22H,6-7,12-13,16-17H2,1-5H3. The van der Waals surface area contributed by atoms with E-state index in [9.17, 15) is 4.79 Å². The lowest BCUT2D eigenvalue weighted by molar-refractivity contribution is -0.0969. The van der Waals surface area contributed by atoms with E-state index < -0.39 is 11.9 Å². The van der Waals surface area contributed by atoms with E-state index in [2.05, 4.69) is 28.9 Å². The summed E-state index contributed by atoms with van der Waals surface area (Å²) in [6.07, 6.45) is 1.45.